The number of hydrogen-bond acceptors (Lipinski definition) is 3. The number of amides is 1. The van der Waals surface area contributed by atoms with Gasteiger partial charge in [-0.3, -0.25) is 4.79 Å². The second-order valence-electron chi connectivity index (χ2n) is 8.60. The molecule has 0 radical (unpaired) electrons. The molecule has 0 aromatic heterocycles. The second kappa shape index (κ2) is 5.63. The molecule has 4 fully saturated rings. The molecule has 134 valence electrons. The SMILES string of the molecule is O=C(NC[C@H]1COc2ccccc2O1)C12C[C@@H]3C[C@@H](CC(Br)(C3)C1)C2. The van der Waals surface area contributed by atoms with Crippen molar-refractivity contribution in [3.8, 4) is 11.5 Å². The van der Waals surface area contributed by atoms with Crippen LogP contribution in [0.1, 0.15) is 38.5 Å². The van der Waals surface area contributed by atoms with E-state index in [4.69, 9.17) is 9.47 Å². The summed E-state index contributed by atoms with van der Waals surface area (Å²) in [5, 5.41) is 3.19. The van der Waals surface area contributed by atoms with Crippen LogP contribution in [0.25, 0.3) is 0 Å². The Morgan fingerprint density at radius 3 is 2.60 bits per heavy atom. The third kappa shape index (κ3) is 2.75. The van der Waals surface area contributed by atoms with Gasteiger partial charge in [-0.15, -0.1) is 0 Å². The van der Waals surface area contributed by atoms with E-state index >= 15 is 0 Å². The molecule has 4 bridgehead atoms. The highest BCUT2D eigenvalue weighted by atomic mass is 79.9. The van der Waals surface area contributed by atoms with Crippen LogP contribution in [0.3, 0.4) is 0 Å². The van der Waals surface area contributed by atoms with Crippen LogP contribution in [-0.4, -0.2) is 29.5 Å². The van der Waals surface area contributed by atoms with Crippen molar-refractivity contribution in [3.63, 3.8) is 0 Å². The van der Waals surface area contributed by atoms with Gasteiger partial charge in [-0.1, -0.05) is 28.1 Å². The number of para-hydroxylation sites is 2. The predicted octanol–water partition coefficient (Wildman–Crippen LogP) is 3.68. The molecule has 5 aliphatic rings. The highest BCUT2D eigenvalue weighted by Gasteiger charge is 2.59. The molecule has 1 amide bonds. The fourth-order valence-corrected chi connectivity index (χ4v) is 7.43. The summed E-state index contributed by atoms with van der Waals surface area (Å²) in [6.07, 6.45) is 6.80. The van der Waals surface area contributed by atoms with E-state index in [0.29, 0.717) is 25.0 Å². The van der Waals surface area contributed by atoms with Crippen molar-refractivity contribution >= 4 is 21.8 Å². The Hall–Kier alpha value is -1.23. The van der Waals surface area contributed by atoms with Crippen molar-refractivity contribution in [2.24, 2.45) is 17.3 Å². The molecule has 1 aromatic carbocycles. The Balaban J connectivity index is 1.24. The van der Waals surface area contributed by atoms with E-state index in [1.807, 2.05) is 24.3 Å². The zero-order chi connectivity index (χ0) is 17.1. The molecule has 1 aromatic rings. The molecular weight excluding hydrogens is 382 g/mol. The van der Waals surface area contributed by atoms with Gasteiger partial charge in [0.2, 0.25) is 5.91 Å². The summed E-state index contributed by atoms with van der Waals surface area (Å²) in [7, 11) is 0. The molecule has 0 saturated heterocycles. The number of alkyl halides is 1. The number of ether oxygens (including phenoxy) is 2. The number of nitrogens with one attached hydrogen (secondary N) is 1. The zero-order valence-corrected chi connectivity index (χ0v) is 15.9. The number of benzene rings is 1. The van der Waals surface area contributed by atoms with Crippen molar-refractivity contribution < 1.29 is 14.3 Å². The summed E-state index contributed by atoms with van der Waals surface area (Å²) >= 11 is 3.98. The number of rotatable bonds is 3. The highest BCUT2D eigenvalue weighted by Crippen LogP contribution is 2.64. The predicted molar refractivity (Wildman–Crippen MR) is 98.1 cm³/mol. The largest absolute Gasteiger partial charge is 0.486 e. The lowest BCUT2D eigenvalue weighted by Crippen LogP contribution is -2.59. The summed E-state index contributed by atoms with van der Waals surface area (Å²) in [5.74, 6) is 3.21. The third-order valence-corrected chi connectivity index (χ3v) is 7.46. The smallest absolute Gasteiger partial charge is 0.226 e. The van der Waals surface area contributed by atoms with E-state index < -0.39 is 0 Å². The Morgan fingerprint density at radius 2 is 1.88 bits per heavy atom. The third-order valence-electron chi connectivity index (χ3n) is 6.53. The lowest BCUT2D eigenvalue weighted by molar-refractivity contribution is -0.144. The lowest BCUT2D eigenvalue weighted by Gasteiger charge is -2.59. The van der Waals surface area contributed by atoms with Crippen LogP contribution < -0.4 is 14.8 Å². The van der Waals surface area contributed by atoms with E-state index in [9.17, 15) is 4.79 Å². The summed E-state index contributed by atoms with van der Waals surface area (Å²) in [6.45, 7) is 0.997. The van der Waals surface area contributed by atoms with Gasteiger partial charge in [-0.05, 0) is 62.5 Å². The molecule has 1 heterocycles. The van der Waals surface area contributed by atoms with E-state index in [1.165, 1.54) is 19.3 Å². The van der Waals surface area contributed by atoms with Crippen molar-refractivity contribution in [3.05, 3.63) is 24.3 Å². The van der Waals surface area contributed by atoms with Gasteiger partial charge in [-0.2, -0.15) is 0 Å². The highest BCUT2D eigenvalue weighted by molar-refractivity contribution is 9.10. The van der Waals surface area contributed by atoms with Gasteiger partial charge in [-0.25, -0.2) is 0 Å². The number of fused-ring (bicyclic) bond motifs is 1. The van der Waals surface area contributed by atoms with Gasteiger partial charge in [0.1, 0.15) is 12.7 Å². The van der Waals surface area contributed by atoms with Gasteiger partial charge in [0.15, 0.2) is 11.5 Å². The molecule has 4 aliphatic carbocycles. The van der Waals surface area contributed by atoms with Gasteiger partial charge in [0.25, 0.3) is 0 Å². The zero-order valence-electron chi connectivity index (χ0n) is 14.3. The van der Waals surface area contributed by atoms with Crippen LogP contribution in [0, 0.1) is 17.3 Å². The quantitative estimate of drug-likeness (QED) is 0.780. The monoisotopic (exact) mass is 405 g/mol. The van der Waals surface area contributed by atoms with Crippen molar-refractivity contribution in [1.29, 1.82) is 0 Å². The van der Waals surface area contributed by atoms with Crippen molar-refractivity contribution in [2.45, 2.75) is 49.0 Å². The van der Waals surface area contributed by atoms with Crippen molar-refractivity contribution in [2.75, 3.05) is 13.2 Å². The average Bonchev–Trinajstić information content (AvgIpc) is 2.57. The Kier molecular flexibility index (Phi) is 3.60. The fourth-order valence-electron chi connectivity index (χ4n) is 5.97. The van der Waals surface area contributed by atoms with Crippen LogP contribution in [0.15, 0.2) is 24.3 Å². The second-order valence-corrected chi connectivity index (χ2v) is 10.3. The first-order valence-corrected chi connectivity index (χ1v) is 10.2. The Morgan fingerprint density at radius 1 is 1.16 bits per heavy atom. The van der Waals surface area contributed by atoms with Crippen LogP contribution in [-0.2, 0) is 4.79 Å². The van der Waals surface area contributed by atoms with E-state index in [-0.39, 0.29) is 21.8 Å². The first-order chi connectivity index (χ1) is 12.0. The van der Waals surface area contributed by atoms with Gasteiger partial charge >= 0.3 is 0 Å². The number of carbonyl (C=O) groups is 1. The molecule has 1 N–H and O–H groups in total. The van der Waals surface area contributed by atoms with Crippen LogP contribution in [0.4, 0.5) is 0 Å². The number of carbonyl (C=O) groups excluding carboxylic acids is 1. The minimum atomic E-state index is -0.166. The molecule has 2 unspecified atom stereocenters. The summed E-state index contributed by atoms with van der Waals surface area (Å²) < 4.78 is 11.9. The standard InChI is InChI=1S/C20H24BrNO3/c21-20-8-13-5-14(9-20)7-19(6-13,12-20)18(23)22-10-15-11-24-16-3-1-2-4-17(16)25-15/h1-4,13-15H,5-12H2,(H,22,23)/t13-,14+,15-,19?,20?/m0/s1. The topological polar surface area (TPSA) is 47.6 Å². The molecule has 6 rings (SSSR count). The van der Waals surface area contributed by atoms with E-state index in [1.54, 1.807) is 0 Å². The van der Waals surface area contributed by atoms with Crippen LogP contribution in [0.5, 0.6) is 11.5 Å². The van der Waals surface area contributed by atoms with Gasteiger partial charge < -0.3 is 14.8 Å². The molecule has 25 heavy (non-hydrogen) atoms. The molecule has 0 spiro atoms. The van der Waals surface area contributed by atoms with Crippen LogP contribution in [0.2, 0.25) is 0 Å². The maximum Gasteiger partial charge on any atom is 0.226 e. The van der Waals surface area contributed by atoms with Gasteiger partial charge in [0, 0.05) is 4.32 Å². The summed E-state index contributed by atoms with van der Waals surface area (Å²) in [4.78, 5) is 13.1. The number of halogens is 1. The average molecular weight is 406 g/mol. The van der Waals surface area contributed by atoms with Crippen molar-refractivity contribution in [1.82, 2.24) is 5.32 Å². The maximum absolute atomic E-state index is 13.1. The first kappa shape index (κ1) is 16.0. The molecule has 5 heteroatoms. The van der Waals surface area contributed by atoms with Gasteiger partial charge in [0.05, 0.1) is 12.0 Å². The molecule has 5 atom stereocenters. The number of hydrogen-bond donors (Lipinski definition) is 1. The van der Waals surface area contributed by atoms with E-state index in [0.717, 1.165) is 30.8 Å². The summed E-state index contributed by atoms with van der Waals surface area (Å²) in [5.41, 5.74) is -0.166. The first-order valence-electron chi connectivity index (χ1n) is 9.39. The normalized spacial score (nSPS) is 40.8. The molecule has 4 nitrogen and oxygen atoms in total. The Labute approximate surface area is 156 Å². The minimum absolute atomic E-state index is 0.120. The molecule has 4 saturated carbocycles. The Bertz CT molecular complexity index is 692. The van der Waals surface area contributed by atoms with E-state index in [2.05, 4.69) is 21.2 Å². The summed E-state index contributed by atoms with van der Waals surface area (Å²) in [6, 6.07) is 7.70. The van der Waals surface area contributed by atoms with Crippen LogP contribution >= 0.6 is 15.9 Å². The fraction of sp³-hybridized carbons (Fsp3) is 0.650. The lowest BCUT2D eigenvalue weighted by atomic mass is 9.49. The minimum Gasteiger partial charge on any atom is -0.486 e. The maximum atomic E-state index is 13.1. The molecular formula is C20H24BrNO3. The molecule has 1 aliphatic heterocycles.